The van der Waals surface area contributed by atoms with Crippen LogP contribution < -0.4 is 4.74 Å². The fourth-order valence-corrected chi connectivity index (χ4v) is 4.39. The number of aliphatic hydroxyl groups is 1. The molecular weight excluding hydrogens is 406 g/mol. The zero-order valence-corrected chi connectivity index (χ0v) is 18.7. The van der Waals surface area contributed by atoms with Crippen LogP contribution in [0.15, 0.2) is 54.1 Å². The van der Waals surface area contributed by atoms with Gasteiger partial charge < -0.3 is 19.5 Å². The fourth-order valence-electron chi connectivity index (χ4n) is 4.39. The number of amides is 1. The second kappa shape index (κ2) is 9.17. The van der Waals surface area contributed by atoms with Gasteiger partial charge in [0, 0.05) is 18.7 Å². The first kappa shape index (κ1) is 22.1. The Labute approximate surface area is 188 Å². The van der Waals surface area contributed by atoms with Gasteiger partial charge in [0.2, 0.25) is 0 Å². The lowest BCUT2D eigenvalue weighted by Gasteiger charge is -2.27. The van der Waals surface area contributed by atoms with Crippen molar-refractivity contribution in [2.45, 2.75) is 44.8 Å². The number of methoxy groups -OCH3 is 1. The van der Waals surface area contributed by atoms with Gasteiger partial charge in [-0.05, 0) is 54.2 Å². The Morgan fingerprint density at radius 2 is 1.81 bits per heavy atom. The summed E-state index contributed by atoms with van der Waals surface area (Å²) in [7, 11) is 1.56. The average molecular weight is 436 g/mol. The van der Waals surface area contributed by atoms with Crippen molar-refractivity contribution in [2.75, 3.05) is 20.3 Å². The van der Waals surface area contributed by atoms with Crippen LogP contribution in [0.1, 0.15) is 55.3 Å². The van der Waals surface area contributed by atoms with Crippen LogP contribution in [0.25, 0.3) is 5.76 Å². The van der Waals surface area contributed by atoms with Gasteiger partial charge in [-0.15, -0.1) is 0 Å². The summed E-state index contributed by atoms with van der Waals surface area (Å²) in [6.45, 7) is 5.21. The van der Waals surface area contributed by atoms with Crippen LogP contribution in [0.2, 0.25) is 0 Å². The highest BCUT2D eigenvalue weighted by Crippen LogP contribution is 2.40. The van der Waals surface area contributed by atoms with Crippen molar-refractivity contribution in [3.63, 3.8) is 0 Å². The molecule has 0 aliphatic carbocycles. The second-order valence-corrected chi connectivity index (χ2v) is 8.64. The maximum atomic E-state index is 13.1. The molecule has 0 spiro atoms. The summed E-state index contributed by atoms with van der Waals surface area (Å²) in [5, 5.41) is 11.1. The van der Waals surface area contributed by atoms with Gasteiger partial charge in [0.25, 0.3) is 11.7 Å². The highest BCUT2D eigenvalue weighted by atomic mass is 16.5. The van der Waals surface area contributed by atoms with Crippen LogP contribution >= 0.6 is 0 Å². The normalized spacial score (nSPS) is 22.7. The summed E-state index contributed by atoms with van der Waals surface area (Å²) in [6.07, 6.45) is 1.68. The molecule has 1 amide bonds. The number of Topliss-reactive ketones (excluding diaryl/α,β-unsaturated/α-hetero) is 1. The number of carbonyl (C=O) groups excluding carboxylic acids is 2. The molecular formula is C26H29NO5. The number of ether oxygens (including phenoxy) is 2. The molecule has 2 atom stereocenters. The number of hydrogen-bond acceptors (Lipinski definition) is 5. The van der Waals surface area contributed by atoms with Crippen LogP contribution in [0.3, 0.4) is 0 Å². The minimum atomic E-state index is -0.672. The molecule has 2 aliphatic rings. The first-order chi connectivity index (χ1) is 15.4. The molecule has 0 bridgehead atoms. The first-order valence-corrected chi connectivity index (χ1v) is 11.0. The van der Waals surface area contributed by atoms with Gasteiger partial charge in [0.15, 0.2) is 0 Å². The Kier molecular flexibility index (Phi) is 6.33. The van der Waals surface area contributed by atoms with Crippen molar-refractivity contribution in [3.8, 4) is 5.75 Å². The minimum Gasteiger partial charge on any atom is -0.507 e. The third-order valence-electron chi connectivity index (χ3n) is 6.25. The van der Waals surface area contributed by atoms with Gasteiger partial charge in [-0.1, -0.05) is 38.1 Å². The largest absolute Gasteiger partial charge is 0.507 e. The topological polar surface area (TPSA) is 76.1 Å². The molecule has 0 unspecified atom stereocenters. The van der Waals surface area contributed by atoms with Gasteiger partial charge >= 0.3 is 0 Å². The Morgan fingerprint density at radius 3 is 2.38 bits per heavy atom. The van der Waals surface area contributed by atoms with Crippen LogP contribution in [-0.2, 0) is 14.3 Å². The van der Waals surface area contributed by atoms with Crippen LogP contribution in [0.4, 0.5) is 0 Å². The first-order valence-electron chi connectivity index (χ1n) is 11.0. The monoisotopic (exact) mass is 435 g/mol. The van der Waals surface area contributed by atoms with E-state index in [2.05, 4.69) is 13.8 Å². The molecule has 2 saturated heterocycles. The van der Waals surface area contributed by atoms with Crippen molar-refractivity contribution in [3.05, 3.63) is 70.8 Å². The Bertz CT molecular complexity index is 1020. The summed E-state index contributed by atoms with van der Waals surface area (Å²) in [6, 6.07) is 14.0. The standard InChI is InChI=1S/C26H29NO5/c1-16(2)17-6-8-18(9-7-17)23-22(24(28)19-10-12-20(31-3)13-11-19)25(29)26(30)27(23)15-21-5-4-14-32-21/h6-13,16,21,23,28H,4-5,14-15H2,1-3H3/b24-22+/t21-,23-/m0/s1. The Morgan fingerprint density at radius 1 is 1.12 bits per heavy atom. The van der Waals surface area contributed by atoms with E-state index in [1.54, 1.807) is 36.3 Å². The average Bonchev–Trinajstić information content (AvgIpc) is 3.41. The predicted octanol–water partition coefficient (Wildman–Crippen LogP) is 4.42. The number of rotatable bonds is 6. The van der Waals surface area contributed by atoms with Crippen LogP contribution in [-0.4, -0.2) is 48.1 Å². The molecule has 0 saturated carbocycles. The molecule has 6 heteroatoms. The SMILES string of the molecule is COc1ccc(/C(O)=C2\C(=O)C(=O)N(C[C@@H]3CCCO3)[C@H]2c2ccc(C(C)C)cc2)cc1. The molecule has 0 radical (unpaired) electrons. The molecule has 168 valence electrons. The van der Waals surface area contributed by atoms with Gasteiger partial charge in [-0.25, -0.2) is 0 Å². The summed E-state index contributed by atoms with van der Waals surface area (Å²) >= 11 is 0. The van der Waals surface area contributed by atoms with E-state index in [0.717, 1.165) is 18.4 Å². The van der Waals surface area contributed by atoms with E-state index < -0.39 is 17.7 Å². The highest BCUT2D eigenvalue weighted by Gasteiger charge is 2.47. The molecule has 4 rings (SSSR count). The zero-order chi connectivity index (χ0) is 22.8. The lowest BCUT2D eigenvalue weighted by atomic mass is 9.93. The number of aliphatic hydroxyl groups excluding tert-OH is 1. The van der Waals surface area contributed by atoms with Gasteiger partial charge in [0.05, 0.1) is 24.8 Å². The summed E-state index contributed by atoms with van der Waals surface area (Å²) in [4.78, 5) is 27.7. The predicted molar refractivity (Wildman–Crippen MR) is 122 cm³/mol. The number of carbonyl (C=O) groups is 2. The molecule has 1 N–H and O–H groups in total. The molecule has 2 heterocycles. The maximum absolute atomic E-state index is 13.1. The summed E-state index contributed by atoms with van der Waals surface area (Å²) in [5.74, 6) is -0.454. The molecule has 0 aromatic heterocycles. The smallest absolute Gasteiger partial charge is 0.295 e. The molecule has 2 fully saturated rings. The molecule has 2 aromatic rings. The number of benzene rings is 2. The fraction of sp³-hybridized carbons (Fsp3) is 0.385. The molecule has 2 aliphatic heterocycles. The van der Waals surface area contributed by atoms with Crippen LogP contribution in [0.5, 0.6) is 5.75 Å². The Balaban J connectivity index is 1.79. The lowest BCUT2D eigenvalue weighted by Crippen LogP contribution is -2.36. The zero-order valence-electron chi connectivity index (χ0n) is 18.7. The number of ketones is 1. The maximum Gasteiger partial charge on any atom is 0.295 e. The van der Waals surface area contributed by atoms with Crippen molar-refractivity contribution in [2.24, 2.45) is 0 Å². The lowest BCUT2D eigenvalue weighted by molar-refractivity contribution is -0.140. The van der Waals surface area contributed by atoms with Crippen molar-refractivity contribution >= 4 is 17.4 Å². The van der Waals surface area contributed by atoms with Gasteiger partial charge in [-0.3, -0.25) is 9.59 Å². The number of nitrogens with zero attached hydrogens (tertiary/aromatic N) is 1. The number of hydrogen-bond donors (Lipinski definition) is 1. The van der Waals surface area contributed by atoms with Gasteiger partial charge in [0.1, 0.15) is 11.5 Å². The quantitative estimate of drug-likeness (QED) is 0.413. The van der Waals surface area contributed by atoms with Gasteiger partial charge in [-0.2, -0.15) is 0 Å². The second-order valence-electron chi connectivity index (χ2n) is 8.64. The molecule has 2 aromatic carbocycles. The minimum absolute atomic E-state index is 0.105. The van der Waals surface area contributed by atoms with E-state index >= 15 is 0 Å². The van der Waals surface area contributed by atoms with Crippen molar-refractivity contribution < 1.29 is 24.2 Å². The van der Waals surface area contributed by atoms with E-state index in [-0.39, 0.29) is 17.4 Å². The summed E-state index contributed by atoms with van der Waals surface area (Å²) in [5.41, 5.74) is 2.53. The van der Waals surface area contributed by atoms with Crippen molar-refractivity contribution in [1.82, 2.24) is 4.90 Å². The van der Waals surface area contributed by atoms with E-state index in [9.17, 15) is 14.7 Å². The molecule has 6 nitrogen and oxygen atoms in total. The van der Waals surface area contributed by atoms with E-state index in [0.29, 0.717) is 30.4 Å². The Hall–Kier alpha value is -3.12. The number of likely N-dealkylation sites (tertiary alicyclic amines) is 1. The van der Waals surface area contributed by atoms with E-state index in [1.807, 2.05) is 24.3 Å². The van der Waals surface area contributed by atoms with E-state index in [1.165, 1.54) is 5.56 Å². The summed E-state index contributed by atoms with van der Waals surface area (Å²) < 4.78 is 10.9. The third-order valence-corrected chi connectivity index (χ3v) is 6.25. The van der Waals surface area contributed by atoms with Crippen molar-refractivity contribution in [1.29, 1.82) is 0 Å². The molecule has 32 heavy (non-hydrogen) atoms. The highest BCUT2D eigenvalue weighted by molar-refractivity contribution is 6.46. The third kappa shape index (κ3) is 4.15. The van der Waals surface area contributed by atoms with Crippen LogP contribution in [0, 0.1) is 0 Å². The van der Waals surface area contributed by atoms with E-state index in [4.69, 9.17) is 9.47 Å².